The molecule has 9 heteroatoms. The van der Waals surface area contributed by atoms with Crippen LogP contribution in [0, 0.1) is 0 Å². The number of nitrogens with zero attached hydrogens (tertiary/aromatic N) is 2. The van der Waals surface area contributed by atoms with Crippen molar-refractivity contribution in [3.8, 4) is 28.4 Å². The van der Waals surface area contributed by atoms with E-state index in [4.69, 9.17) is 18.9 Å². The smallest absolute Gasteiger partial charge is 0.407 e. The van der Waals surface area contributed by atoms with E-state index < -0.39 is 11.7 Å². The summed E-state index contributed by atoms with van der Waals surface area (Å²) < 4.78 is 22.8. The number of likely N-dealkylation sites (tertiary alicyclic amines) is 1. The first kappa shape index (κ1) is 29.0. The van der Waals surface area contributed by atoms with Gasteiger partial charge in [-0.3, -0.25) is 9.69 Å². The molecule has 0 atom stereocenters. The molecule has 2 aliphatic rings. The van der Waals surface area contributed by atoms with Gasteiger partial charge in [-0.1, -0.05) is 42.5 Å². The molecule has 0 spiro atoms. The van der Waals surface area contributed by atoms with Crippen molar-refractivity contribution in [1.82, 2.24) is 10.2 Å². The number of ether oxygens (including phenoxy) is 4. The van der Waals surface area contributed by atoms with Crippen LogP contribution in [0.15, 0.2) is 84.6 Å². The normalized spacial score (nSPS) is 15.6. The van der Waals surface area contributed by atoms with Crippen LogP contribution in [-0.4, -0.2) is 68.4 Å². The third kappa shape index (κ3) is 7.22. The quantitative estimate of drug-likeness (QED) is 0.355. The van der Waals surface area contributed by atoms with Crippen LogP contribution in [-0.2, 0) is 9.53 Å². The minimum atomic E-state index is -0.513. The Morgan fingerprint density at radius 1 is 0.952 bits per heavy atom. The van der Waals surface area contributed by atoms with Crippen molar-refractivity contribution < 1.29 is 28.5 Å². The summed E-state index contributed by atoms with van der Waals surface area (Å²) >= 11 is 0. The summed E-state index contributed by atoms with van der Waals surface area (Å²) in [5.41, 5.74) is 2.38. The molecule has 220 valence electrons. The summed E-state index contributed by atoms with van der Waals surface area (Å²) in [4.78, 5) is 28.9. The molecule has 2 amide bonds. The van der Waals surface area contributed by atoms with Crippen molar-refractivity contribution in [2.75, 3.05) is 44.8 Å². The van der Waals surface area contributed by atoms with E-state index >= 15 is 0 Å². The number of anilines is 1. The highest BCUT2D eigenvalue weighted by atomic mass is 16.6. The maximum absolute atomic E-state index is 13.2. The number of methoxy groups -OCH3 is 1. The Labute approximate surface area is 246 Å². The van der Waals surface area contributed by atoms with Crippen LogP contribution in [0.5, 0.6) is 17.2 Å². The van der Waals surface area contributed by atoms with Crippen molar-refractivity contribution in [1.29, 1.82) is 0 Å². The molecular weight excluding hydrogens is 534 g/mol. The van der Waals surface area contributed by atoms with Crippen LogP contribution in [0.3, 0.4) is 0 Å². The number of alkyl carbamates (subject to hydrolysis) is 1. The molecule has 42 heavy (non-hydrogen) atoms. The van der Waals surface area contributed by atoms with Gasteiger partial charge in [-0.05, 0) is 62.2 Å². The highest BCUT2D eigenvalue weighted by Gasteiger charge is 2.30. The van der Waals surface area contributed by atoms with Crippen LogP contribution in [0.25, 0.3) is 11.1 Å². The molecule has 3 aromatic rings. The van der Waals surface area contributed by atoms with E-state index in [0.29, 0.717) is 42.6 Å². The van der Waals surface area contributed by atoms with Crippen LogP contribution in [0.2, 0.25) is 0 Å². The molecule has 0 aromatic heterocycles. The average Bonchev–Trinajstić information content (AvgIpc) is 3.31. The molecular formula is C33H37N3O6. The molecule has 9 nitrogen and oxygen atoms in total. The summed E-state index contributed by atoms with van der Waals surface area (Å²) in [6.45, 7) is 8.57. The number of nitrogens with one attached hydrogen (secondary N) is 1. The van der Waals surface area contributed by atoms with E-state index in [0.717, 1.165) is 24.2 Å². The molecule has 0 unspecified atom stereocenters. The van der Waals surface area contributed by atoms with Gasteiger partial charge in [-0.25, -0.2) is 4.79 Å². The number of hydrogen-bond acceptors (Lipinski definition) is 7. The minimum Gasteiger partial charge on any atom is -0.493 e. The first-order valence-corrected chi connectivity index (χ1v) is 14.1. The second kappa shape index (κ2) is 12.6. The Balaban J connectivity index is 1.09. The second-order valence-corrected chi connectivity index (χ2v) is 11.3. The Kier molecular flexibility index (Phi) is 8.68. The SMILES string of the molecule is COc1cc(N2CC=C(Oc3ccc(-c4ccccc4)cc3)C2=O)ccc1OCCN1CC(NC(=O)OC(C)(C)C)C1. The van der Waals surface area contributed by atoms with Gasteiger partial charge in [0.2, 0.25) is 0 Å². The number of carbonyl (C=O) groups excluding carboxylic acids is 2. The fourth-order valence-electron chi connectivity index (χ4n) is 4.80. The van der Waals surface area contributed by atoms with E-state index in [1.807, 2.05) is 75.4 Å². The highest BCUT2D eigenvalue weighted by molar-refractivity contribution is 6.07. The molecule has 5 rings (SSSR count). The lowest BCUT2D eigenvalue weighted by molar-refractivity contribution is -0.116. The number of hydrogen-bond donors (Lipinski definition) is 1. The van der Waals surface area contributed by atoms with Gasteiger partial charge in [-0.15, -0.1) is 0 Å². The average molecular weight is 572 g/mol. The van der Waals surface area contributed by atoms with Crippen molar-refractivity contribution in [3.63, 3.8) is 0 Å². The lowest BCUT2D eigenvalue weighted by Gasteiger charge is -2.39. The topological polar surface area (TPSA) is 89.6 Å². The predicted molar refractivity (Wildman–Crippen MR) is 161 cm³/mol. The van der Waals surface area contributed by atoms with Gasteiger partial charge < -0.3 is 29.2 Å². The van der Waals surface area contributed by atoms with E-state index in [1.165, 1.54) is 0 Å². The molecule has 2 aliphatic heterocycles. The Bertz CT molecular complexity index is 1430. The first-order chi connectivity index (χ1) is 20.2. The van der Waals surface area contributed by atoms with Gasteiger partial charge in [0.15, 0.2) is 17.3 Å². The first-order valence-electron chi connectivity index (χ1n) is 14.1. The summed E-state index contributed by atoms with van der Waals surface area (Å²) in [6, 6.07) is 23.3. The van der Waals surface area contributed by atoms with Crippen LogP contribution >= 0.6 is 0 Å². The van der Waals surface area contributed by atoms with Crippen molar-refractivity contribution in [2.24, 2.45) is 0 Å². The maximum Gasteiger partial charge on any atom is 0.407 e. The monoisotopic (exact) mass is 571 g/mol. The van der Waals surface area contributed by atoms with Crippen molar-refractivity contribution in [3.05, 3.63) is 84.6 Å². The van der Waals surface area contributed by atoms with Crippen LogP contribution < -0.4 is 24.4 Å². The molecule has 1 saturated heterocycles. The fourth-order valence-corrected chi connectivity index (χ4v) is 4.80. The molecule has 1 fully saturated rings. The standard InChI is InChI=1S/C33H37N3O6/c1-33(2,3)42-32(38)34-25-21-35(22-25)18-19-40-28-15-12-26(20-30(28)39-4)36-17-16-29(31(36)37)41-27-13-10-24(11-14-27)23-8-6-5-7-9-23/h5-16,20,25H,17-19,21-22H2,1-4H3,(H,34,38). The zero-order chi connectivity index (χ0) is 29.7. The summed E-state index contributed by atoms with van der Waals surface area (Å²) in [7, 11) is 1.58. The maximum atomic E-state index is 13.2. The number of benzene rings is 3. The Morgan fingerprint density at radius 3 is 2.36 bits per heavy atom. The van der Waals surface area contributed by atoms with Gasteiger partial charge in [0.1, 0.15) is 18.0 Å². The molecule has 2 heterocycles. The highest BCUT2D eigenvalue weighted by Crippen LogP contribution is 2.34. The Hall–Kier alpha value is -4.50. The van der Waals surface area contributed by atoms with Gasteiger partial charge >= 0.3 is 6.09 Å². The van der Waals surface area contributed by atoms with Crippen molar-refractivity contribution >= 4 is 17.7 Å². The predicted octanol–water partition coefficient (Wildman–Crippen LogP) is 5.26. The zero-order valence-corrected chi connectivity index (χ0v) is 24.5. The van der Waals surface area contributed by atoms with Gasteiger partial charge in [0, 0.05) is 37.9 Å². The summed E-state index contributed by atoms with van der Waals surface area (Å²) in [5, 5.41) is 2.88. The molecule has 0 aliphatic carbocycles. The molecule has 1 N–H and O–H groups in total. The molecule has 3 aromatic carbocycles. The van der Waals surface area contributed by atoms with Gasteiger partial charge in [0.05, 0.1) is 13.2 Å². The third-order valence-electron chi connectivity index (χ3n) is 6.91. The number of amides is 2. The van der Waals surface area contributed by atoms with Crippen LogP contribution in [0.4, 0.5) is 10.5 Å². The van der Waals surface area contributed by atoms with E-state index in [1.54, 1.807) is 24.2 Å². The Morgan fingerprint density at radius 2 is 1.67 bits per heavy atom. The zero-order valence-electron chi connectivity index (χ0n) is 24.5. The second-order valence-electron chi connectivity index (χ2n) is 11.3. The number of carbonyl (C=O) groups is 2. The lowest BCUT2D eigenvalue weighted by Crippen LogP contribution is -2.60. The molecule has 0 radical (unpaired) electrons. The van der Waals surface area contributed by atoms with E-state index in [-0.39, 0.29) is 17.7 Å². The van der Waals surface area contributed by atoms with Gasteiger partial charge in [0.25, 0.3) is 5.91 Å². The summed E-state index contributed by atoms with van der Waals surface area (Å²) in [5.74, 6) is 1.81. The van der Waals surface area contributed by atoms with E-state index in [2.05, 4.69) is 22.3 Å². The minimum absolute atomic E-state index is 0.0720. The molecule has 0 saturated carbocycles. The number of rotatable bonds is 10. The van der Waals surface area contributed by atoms with Crippen molar-refractivity contribution in [2.45, 2.75) is 32.4 Å². The molecule has 0 bridgehead atoms. The fraction of sp³-hybridized carbons (Fsp3) is 0.333. The summed E-state index contributed by atoms with van der Waals surface area (Å²) in [6.07, 6.45) is 1.39. The lowest BCUT2D eigenvalue weighted by atomic mass is 10.1. The van der Waals surface area contributed by atoms with E-state index in [9.17, 15) is 9.59 Å². The third-order valence-corrected chi connectivity index (χ3v) is 6.91. The largest absolute Gasteiger partial charge is 0.493 e. The van der Waals surface area contributed by atoms with Crippen LogP contribution in [0.1, 0.15) is 20.8 Å². The van der Waals surface area contributed by atoms with Gasteiger partial charge in [-0.2, -0.15) is 0 Å².